The first-order valence-electron chi connectivity index (χ1n) is 12.9. The molecule has 1 aromatic carbocycles. The highest BCUT2D eigenvalue weighted by Crippen LogP contribution is 2.27. The van der Waals surface area contributed by atoms with Crippen molar-refractivity contribution < 1.29 is 14.0 Å². The van der Waals surface area contributed by atoms with Crippen LogP contribution in [0.15, 0.2) is 45.7 Å². The average Bonchev–Trinajstić information content (AvgIpc) is 3.25. The molecule has 0 N–H and O–H groups in total. The van der Waals surface area contributed by atoms with Gasteiger partial charge < -0.3 is 14.0 Å². The molecule has 5 rings (SSSR count). The lowest BCUT2D eigenvalue weighted by Crippen LogP contribution is -2.37. The topological polar surface area (TPSA) is 95.5 Å². The maximum Gasteiger partial charge on any atom is 0.274 e. The van der Waals surface area contributed by atoms with Crippen LogP contribution < -0.4 is 10.3 Å². The van der Waals surface area contributed by atoms with Gasteiger partial charge in [0.05, 0.1) is 43.3 Å². The molecule has 194 valence electrons. The van der Waals surface area contributed by atoms with Gasteiger partial charge in [-0.15, -0.1) is 0 Å². The second kappa shape index (κ2) is 11.2. The number of hydrogen-bond donors (Lipinski definition) is 0. The zero-order valence-electron chi connectivity index (χ0n) is 21.7. The van der Waals surface area contributed by atoms with E-state index < -0.39 is 0 Å². The summed E-state index contributed by atoms with van der Waals surface area (Å²) in [6, 6.07) is 11.7. The molecule has 3 aromatic heterocycles. The van der Waals surface area contributed by atoms with E-state index in [4.69, 9.17) is 24.0 Å². The number of nitrogens with zero attached hydrogens (tertiary/aromatic N) is 5. The fraction of sp³-hybridized carbons (Fsp3) is 0.429. The minimum Gasteiger partial charge on any atom is -0.494 e. The van der Waals surface area contributed by atoms with Crippen LogP contribution in [-0.4, -0.2) is 64.0 Å². The Morgan fingerprint density at radius 2 is 1.86 bits per heavy atom. The number of morpholine rings is 1. The predicted molar refractivity (Wildman–Crippen MR) is 141 cm³/mol. The van der Waals surface area contributed by atoms with Crippen molar-refractivity contribution in [3.8, 4) is 17.0 Å². The average molecular weight is 504 g/mol. The smallest absolute Gasteiger partial charge is 0.274 e. The fourth-order valence-electron chi connectivity index (χ4n) is 4.87. The summed E-state index contributed by atoms with van der Waals surface area (Å²) in [4.78, 5) is 25.9. The third-order valence-electron chi connectivity index (χ3n) is 6.74. The normalized spacial score (nSPS) is 14.4. The molecule has 37 heavy (non-hydrogen) atoms. The van der Waals surface area contributed by atoms with Crippen molar-refractivity contribution in [3.05, 3.63) is 69.5 Å². The van der Waals surface area contributed by atoms with Gasteiger partial charge in [-0.05, 0) is 58.4 Å². The Labute approximate surface area is 216 Å². The van der Waals surface area contributed by atoms with E-state index in [1.807, 2.05) is 57.2 Å². The van der Waals surface area contributed by atoms with Crippen LogP contribution in [0.2, 0.25) is 0 Å². The molecule has 0 unspecified atom stereocenters. The van der Waals surface area contributed by atoms with Gasteiger partial charge in [-0.25, -0.2) is 9.97 Å². The van der Waals surface area contributed by atoms with E-state index in [0.717, 1.165) is 61.8 Å². The van der Waals surface area contributed by atoms with Crippen LogP contribution in [0, 0.1) is 13.8 Å². The lowest BCUT2D eigenvalue weighted by Gasteiger charge is -2.26. The molecule has 0 spiro atoms. The van der Waals surface area contributed by atoms with Gasteiger partial charge in [-0.1, -0.05) is 23.4 Å². The Bertz CT molecular complexity index is 1420. The zero-order chi connectivity index (χ0) is 25.8. The van der Waals surface area contributed by atoms with Gasteiger partial charge in [-0.2, -0.15) is 0 Å². The third-order valence-corrected chi connectivity index (χ3v) is 6.74. The predicted octanol–water partition coefficient (Wildman–Crippen LogP) is 3.78. The highest BCUT2D eigenvalue weighted by Gasteiger charge is 2.19. The van der Waals surface area contributed by atoms with Crippen LogP contribution >= 0.6 is 0 Å². The highest BCUT2D eigenvalue weighted by atomic mass is 16.5. The number of benzene rings is 1. The van der Waals surface area contributed by atoms with Crippen molar-refractivity contribution in [1.82, 2.24) is 24.6 Å². The molecule has 0 saturated carbocycles. The Morgan fingerprint density at radius 1 is 1.05 bits per heavy atom. The van der Waals surface area contributed by atoms with Gasteiger partial charge in [0.2, 0.25) is 0 Å². The number of rotatable bonds is 9. The molecular formula is C28H33N5O4. The van der Waals surface area contributed by atoms with Gasteiger partial charge in [0.25, 0.3) is 5.56 Å². The molecule has 4 aromatic rings. The lowest BCUT2D eigenvalue weighted by molar-refractivity contribution is 0.0374. The summed E-state index contributed by atoms with van der Waals surface area (Å²) in [6.07, 6.45) is 1.46. The summed E-state index contributed by atoms with van der Waals surface area (Å²) in [5.74, 6) is 1.45. The number of aryl methyl sites for hydroxylation is 3. The van der Waals surface area contributed by atoms with Crippen molar-refractivity contribution in [3.63, 3.8) is 0 Å². The van der Waals surface area contributed by atoms with Crippen LogP contribution in [0.1, 0.15) is 36.1 Å². The number of ether oxygens (including phenoxy) is 2. The van der Waals surface area contributed by atoms with Crippen LogP contribution in [0.25, 0.3) is 22.4 Å². The highest BCUT2D eigenvalue weighted by molar-refractivity contribution is 5.76. The number of para-hydroxylation sites is 1. The fourth-order valence-corrected chi connectivity index (χ4v) is 4.87. The molecule has 1 saturated heterocycles. The molecule has 0 aliphatic carbocycles. The molecular weight excluding hydrogens is 470 g/mol. The summed E-state index contributed by atoms with van der Waals surface area (Å²) in [5, 5.41) is 4.07. The SMILES string of the molecule is CCOc1ccccc1Cn1c(=O)c(CCCN2CCOCC2)nc2ccc(-c3c(C)noc3C)nc21. The van der Waals surface area contributed by atoms with E-state index >= 15 is 0 Å². The zero-order valence-corrected chi connectivity index (χ0v) is 21.7. The molecule has 0 atom stereocenters. The van der Waals surface area contributed by atoms with E-state index in [0.29, 0.717) is 47.9 Å². The second-order valence-electron chi connectivity index (χ2n) is 9.29. The van der Waals surface area contributed by atoms with Crippen molar-refractivity contribution in [2.24, 2.45) is 0 Å². The van der Waals surface area contributed by atoms with Crippen LogP contribution in [0.3, 0.4) is 0 Å². The first kappa shape index (κ1) is 25.1. The van der Waals surface area contributed by atoms with Crippen molar-refractivity contribution >= 4 is 11.2 Å². The first-order valence-corrected chi connectivity index (χ1v) is 12.9. The van der Waals surface area contributed by atoms with Crippen molar-refractivity contribution in [2.45, 2.75) is 40.2 Å². The minimum absolute atomic E-state index is 0.121. The molecule has 9 nitrogen and oxygen atoms in total. The minimum atomic E-state index is -0.121. The molecule has 0 amide bonds. The molecule has 9 heteroatoms. The van der Waals surface area contributed by atoms with Gasteiger partial charge in [0.15, 0.2) is 5.65 Å². The number of hydrogen-bond acceptors (Lipinski definition) is 8. The lowest BCUT2D eigenvalue weighted by atomic mass is 10.1. The Morgan fingerprint density at radius 3 is 2.62 bits per heavy atom. The Hall–Kier alpha value is -3.56. The van der Waals surface area contributed by atoms with Gasteiger partial charge in [-0.3, -0.25) is 14.3 Å². The molecule has 0 bridgehead atoms. The van der Waals surface area contributed by atoms with E-state index in [2.05, 4.69) is 10.1 Å². The monoisotopic (exact) mass is 503 g/mol. The van der Waals surface area contributed by atoms with Crippen molar-refractivity contribution in [1.29, 1.82) is 0 Å². The molecule has 4 heterocycles. The Kier molecular flexibility index (Phi) is 7.62. The number of aromatic nitrogens is 4. The van der Waals surface area contributed by atoms with Gasteiger partial charge in [0, 0.05) is 18.7 Å². The standard InChI is InChI=1S/C28H33N5O4/c1-4-36-25-10-6-5-8-21(25)18-33-27-23(12-11-22(30-27)26-19(2)31-37-20(26)3)29-24(28(33)34)9-7-13-32-14-16-35-17-15-32/h5-6,8,10-12H,4,7,9,13-18H2,1-3H3. The van der Waals surface area contributed by atoms with Crippen molar-refractivity contribution in [2.75, 3.05) is 39.5 Å². The second-order valence-corrected chi connectivity index (χ2v) is 9.29. The molecule has 1 aliphatic heterocycles. The van der Waals surface area contributed by atoms with E-state index in [-0.39, 0.29) is 5.56 Å². The largest absolute Gasteiger partial charge is 0.494 e. The third kappa shape index (κ3) is 5.42. The number of fused-ring (bicyclic) bond motifs is 1. The van der Waals surface area contributed by atoms with E-state index in [1.165, 1.54) is 0 Å². The summed E-state index contributed by atoms with van der Waals surface area (Å²) in [5.41, 5.74) is 4.87. The van der Waals surface area contributed by atoms with E-state index in [9.17, 15) is 4.79 Å². The molecule has 0 radical (unpaired) electrons. The van der Waals surface area contributed by atoms with E-state index in [1.54, 1.807) is 4.57 Å². The summed E-state index contributed by atoms with van der Waals surface area (Å²) in [6.45, 7) is 10.9. The maximum atomic E-state index is 13.8. The summed E-state index contributed by atoms with van der Waals surface area (Å²) in [7, 11) is 0. The van der Waals surface area contributed by atoms with Crippen LogP contribution in [0.4, 0.5) is 0 Å². The summed E-state index contributed by atoms with van der Waals surface area (Å²) < 4.78 is 18.4. The number of pyridine rings is 1. The summed E-state index contributed by atoms with van der Waals surface area (Å²) >= 11 is 0. The maximum absolute atomic E-state index is 13.8. The molecule has 1 aliphatic rings. The van der Waals surface area contributed by atoms with Crippen LogP contribution in [-0.2, 0) is 17.7 Å². The van der Waals surface area contributed by atoms with Crippen LogP contribution in [0.5, 0.6) is 5.75 Å². The first-order chi connectivity index (χ1) is 18.0. The Balaban J connectivity index is 1.55. The van der Waals surface area contributed by atoms with Gasteiger partial charge >= 0.3 is 0 Å². The molecule has 1 fully saturated rings. The van der Waals surface area contributed by atoms with Gasteiger partial charge in [0.1, 0.15) is 22.7 Å². The quantitative estimate of drug-likeness (QED) is 0.341.